The van der Waals surface area contributed by atoms with E-state index in [4.69, 9.17) is 0 Å². The highest BCUT2D eigenvalue weighted by Gasteiger charge is 2.27. The summed E-state index contributed by atoms with van der Waals surface area (Å²) in [6.45, 7) is 4.69. The van der Waals surface area contributed by atoms with E-state index >= 15 is 0 Å². The van der Waals surface area contributed by atoms with Crippen LogP contribution >= 0.6 is 0 Å². The quantitative estimate of drug-likeness (QED) is 0.771. The molecule has 0 aliphatic rings. The normalized spacial score (nSPS) is 15.2. The molecule has 1 aromatic rings. The predicted molar refractivity (Wildman–Crippen MR) is 86.5 cm³/mol. The summed E-state index contributed by atoms with van der Waals surface area (Å²) >= 11 is 0. The van der Waals surface area contributed by atoms with Crippen molar-refractivity contribution in [2.45, 2.75) is 32.1 Å². The number of halogens is 2. The first-order valence-electron chi connectivity index (χ1n) is 7.04. The van der Waals surface area contributed by atoms with E-state index in [1.54, 1.807) is 6.92 Å². The van der Waals surface area contributed by atoms with Gasteiger partial charge in [0.2, 0.25) is 5.91 Å². The lowest BCUT2D eigenvalue weighted by Gasteiger charge is -2.28. The number of rotatable bonds is 5. The van der Waals surface area contributed by atoms with Gasteiger partial charge in [-0.25, -0.2) is 17.2 Å². The van der Waals surface area contributed by atoms with E-state index in [1.807, 2.05) is 0 Å². The molecule has 2 atom stereocenters. The van der Waals surface area contributed by atoms with Crippen LogP contribution in [-0.2, 0) is 14.6 Å². The van der Waals surface area contributed by atoms with E-state index in [9.17, 15) is 22.0 Å². The number of carbonyl (C=O) groups excluding carboxylic acids is 1. The van der Waals surface area contributed by atoms with Crippen molar-refractivity contribution in [3.05, 3.63) is 41.5 Å². The number of sulfone groups is 1. The summed E-state index contributed by atoms with van der Waals surface area (Å²) < 4.78 is 49.8. The molecule has 0 unspecified atom stereocenters. The summed E-state index contributed by atoms with van der Waals surface area (Å²) in [6.07, 6.45) is 2.32. The number of carbonyl (C=O) groups is 1. The largest absolute Gasteiger partial charge is 0.338 e. The number of amides is 1. The number of nitrogens with zero attached hydrogens (tertiary/aromatic N) is 1. The van der Waals surface area contributed by atoms with E-state index in [-0.39, 0.29) is 5.56 Å². The zero-order chi connectivity index (χ0) is 17.9. The van der Waals surface area contributed by atoms with Gasteiger partial charge in [0.25, 0.3) is 0 Å². The molecule has 0 spiro atoms. The van der Waals surface area contributed by atoms with Gasteiger partial charge in [0.15, 0.2) is 9.84 Å². The van der Waals surface area contributed by atoms with Crippen molar-refractivity contribution in [3.8, 4) is 0 Å². The third-order valence-corrected chi connectivity index (χ3v) is 5.75. The number of hydrogen-bond acceptors (Lipinski definition) is 3. The highest BCUT2D eigenvalue weighted by molar-refractivity contribution is 7.91. The fourth-order valence-electron chi connectivity index (χ4n) is 2.05. The van der Waals surface area contributed by atoms with E-state index in [1.165, 1.54) is 37.9 Å². The average molecular weight is 345 g/mol. The highest BCUT2D eigenvalue weighted by Crippen LogP contribution is 2.19. The zero-order valence-electron chi connectivity index (χ0n) is 13.8. The van der Waals surface area contributed by atoms with Crippen LogP contribution in [0.25, 0.3) is 5.57 Å². The van der Waals surface area contributed by atoms with Gasteiger partial charge in [0.05, 0.1) is 5.25 Å². The Morgan fingerprint density at radius 3 is 2.30 bits per heavy atom. The molecular weight excluding hydrogens is 324 g/mol. The molecule has 0 bridgehead atoms. The van der Waals surface area contributed by atoms with Gasteiger partial charge in [-0.3, -0.25) is 4.79 Å². The molecule has 0 aliphatic carbocycles. The second kappa shape index (κ2) is 7.21. The first-order valence-corrected chi connectivity index (χ1v) is 9.00. The third kappa shape index (κ3) is 4.86. The average Bonchev–Trinajstić information content (AvgIpc) is 2.43. The van der Waals surface area contributed by atoms with Crippen molar-refractivity contribution in [1.82, 2.24) is 4.90 Å². The lowest BCUT2D eigenvalue weighted by molar-refractivity contribution is -0.126. The minimum Gasteiger partial charge on any atom is -0.338 e. The van der Waals surface area contributed by atoms with E-state index in [0.29, 0.717) is 5.57 Å². The van der Waals surface area contributed by atoms with Crippen LogP contribution < -0.4 is 0 Å². The van der Waals surface area contributed by atoms with Gasteiger partial charge >= 0.3 is 0 Å². The first kappa shape index (κ1) is 19.3. The Balaban J connectivity index is 3.00. The van der Waals surface area contributed by atoms with Crippen LogP contribution in [0.1, 0.15) is 26.3 Å². The molecule has 0 saturated carbocycles. The van der Waals surface area contributed by atoms with Crippen molar-refractivity contribution >= 4 is 21.3 Å². The van der Waals surface area contributed by atoms with Crippen LogP contribution in [0, 0.1) is 11.6 Å². The SMILES string of the molecule is C/C(=C/C(=O)N(C)[C@H](C)[C@H](C)S(C)(=O)=O)c1ccc(F)cc1F. The maximum atomic E-state index is 13.7. The van der Waals surface area contributed by atoms with Crippen molar-refractivity contribution in [1.29, 1.82) is 0 Å². The monoisotopic (exact) mass is 345 g/mol. The molecule has 0 fully saturated rings. The topological polar surface area (TPSA) is 54.5 Å². The Bertz CT molecular complexity index is 729. The maximum Gasteiger partial charge on any atom is 0.246 e. The summed E-state index contributed by atoms with van der Waals surface area (Å²) in [5.74, 6) is -1.90. The van der Waals surface area contributed by atoms with Gasteiger partial charge < -0.3 is 4.90 Å². The van der Waals surface area contributed by atoms with Gasteiger partial charge in [-0.15, -0.1) is 0 Å². The Kier molecular flexibility index (Phi) is 6.04. The molecular formula is C16H21F2NO3S. The second-order valence-corrected chi connectivity index (χ2v) is 8.08. The molecule has 0 aliphatic heterocycles. The molecule has 1 rings (SSSR count). The molecule has 1 aromatic carbocycles. The Labute approximate surface area is 135 Å². The molecule has 4 nitrogen and oxygen atoms in total. The lowest BCUT2D eigenvalue weighted by atomic mass is 10.1. The molecule has 128 valence electrons. The van der Waals surface area contributed by atoms with E-state index < -0.39 is 38.7 Å². The Morgan fingerprint density at radius 1 is 1.26 bits per heavy atom. The summed E-state index contributed by atoms with van der Waals surface area (Å²) in [4.78, 5) is 13.5. The second-order valence-electron chi connectivity index (χ2n) is 5.68. The van der Waals surface area contributed by atoms with Crippen molar-refractivity contribution in [2.24, 2.45) is 0 Å². The van der Waals surface area contributed by atoms with Crippen LogP contribution in [-0.4, -0.2) is 43.8 Å². The van der Waals surface area contributed by atoms with Crippen molar-refractivity contribution in [2.75, 3.05) is 13.3 Å². The summed E-state index contributed by atoms with van der Waals surface area (Å²) in [5, 5.41) is -0.729. The minimum absolute atomic E-state index is 0.122. The molecule has 0 heterocycles. The Hall–Kier alpha value is -1.76. The molecule has 0 aromatic heterocycles. The van der Waals surface area contributed by atoms with Crippen LogP contribution in [0.15, 0.2) is 24.3 Å². The smallest absolute Gasteiger partial charge is 0.246 e. The Morgan fingerprint density at radius 2 is 1.83 bits per heavy atom. The predicted octanol–water partition coefficient (Wildman–Crippen LogP) is 2.65. The number of benzene rings is 1. The van der Waals surface area contributed by atoms with Crippen molar-refractivity contribution in [3.63, 3.8) is 0 Å². The fourth-order valence-corrected chi connectivity index (χ4v) is 2.95. The zero-order valence-corrected chi connectivity index (χ0v) is 14.6. The van der Waals surface area contributed by atoms with Crippen LogP contribution in [0.3, 0.4) is 0 Å². The first-order chi connectivity index (χ1) is 10.4. The van der Waals surface area contributed by atoms with E-state index in [0.717, 1.165) is 18.4 Å². The standard InChI is InChI=1S/C16H21F2NO3S/c1-10(14-7-6-13(17)9-15(14)18)8-16(20)19(4)11(2)12(3)23(5,21)22/h6-9,11-12H,1-5H3/b10-8-/t11-,12+/m1/s1. The number of hydrogen-bond donors (Lipinski definition) is 0. The van der Waals surface area contributed by atoms with Crippen LogP contribution in [0.4, 0.5) is 8.78 Å². The van der Waals surface area contributed by atoms with Gasteiger partial charge in [-0.1, -0.05) is 0 Å². The molecule has 0 saturated heterocycles. The number of allylic oxidation sites excluding steroid dienone is 1. The lowest BCUT2D eigenvalue weighted by Crippen LogP contribution is -2.43. The number of likely N-dealkylation sites (N-methyl/N-ethyl adjacent to an activating group) is 1. The molecule has 23 heavy (non-hydrogen) atoms. The minimum atomic E-state index is -3.29. The van der Waals surface area contributed by atoms with Gasteiger partial charge in [0.1, 0.15) is 11.6 Å². The summed E-state index contributed by atoms with van der Waals surface area (Å²) in [7, 11) is -1.80. The van der Waals surface area contributed by atoms with Gasteiger partial charge in [-0.2, -0.15) is 0 Å². The molecule has 0 N–H and O–H groups in total. The molecule has 7 heteroatoms. The summed E-state index contributed by atoms with van der Waals surface area (Å²) in [5.41, 5.74) is 0.454. The van der Waals surface area contributed by atoms with Crippen LogP contribution in [0.5, 0.6) is 0 Å². The van der Waals surface area contributed by atoms with E-state index in [2.05, 4.69) is 0 Å². The molecule has 0 radical (unpaired) electrons. The third-order valence-electron chi connectivity index (χ3n) is 4.01. The summed E-state index contributed by atoms with van der Waals surface area (Å²) in [6, 6.07) is 2.57. The molecule has 1 amide bonds. The highest BCUT2D eigenvalue weighted by atomic mass is 32.2. The van der Waals surface area contributed by atoms with Crippen molar-refractivity contribution < 1.29 is 22.0 Å². The fraction of sp³-hybridized carbons (Fsp3) is 0.438. The van der Waals surface area contributed by atoms with Gasteiger partial charge in [-0.05, 0) is 38.5 Å². The van der Waals surface area contributed by atoms with Gasteiger partial charge in [0, 0.05) is 37.1 Å². The maximum absolute atomic E-state index is 13.7. The van der Waals surface area contributed by atoms with Crippen LogP contribution in [0.2, 0.25) is 0 Å².